The number of nitrogen functional groups attached to an aromatic ring is 1. The number of carbonyl (C=O) groups is 2. The molecule has 0 bridgehead atoms. The predicted molar refractivity (Wildman–Crippen MR) is 63.0 cm³/mol. The van der Waals surface area contributed by atoms with E-state index in [-0.39, 0.29) is 29.9 Å². The van der Waals surface area contributed by atoms with E-state index in [2.05, 4.69) is 5.32 Å². The molecule has 0 atom stereocenters. The molecule has 8 nitrogen and oxygen atoms in total. The van der Waals surface area contributed by atoms with E-state index < -0.39 is 16.8 Å². The number of rotatable bonds is 5. The summed E-state index contributed by atoms with van der Waals surface area (Å²) in [5.41, 5.74) is 5.61. The summed E-state index contributed by atoms with van der Waals surface area (Å²) in [6, 6.07) is 3.61. The maximum atomic E-state index is 11.3. The number of nitro benzene ring substituents is 1. The molecule has 0 aliphatic rings. The third-order valence-electron chi connectivity index (χ3n) is 2.09. The van der Waals surface area contributed by atoms with Gasteiger partial charge in [0.25, 0.3) is 5.69 Å². The molecule has 0 unspecified atom stereocenters. The van der Waals surface area contributed by atoms with Gasteiger partial charge in [-0.05, 0) is 6.07 Å². The molecular weight excluding hydrogens is 242 g/mol. The minimum atomic E-state index is -1.08. The number of hydrogen-bond acceptors (Lipinski definition) is 5. The standard InChI is InChI=1S/C10H11N3O5/c11-7-5-6(13(17)18)1-2-8(7)12-9(14)3-4-10(15)16/h1-2,5H,3-4,11H2,(H,12,14)(H,15,16). The van der Waals surface area contributed by atoms with E-state index in [4.69, 9.17) is 10.8 Å². The lowest BCUT2D eigenvalue weighted by Crippen LogP contribution is -2.14. The number of nitrogens with one attached hydrogen (secondary N) is 1. The molecule has 1 amide bonds. The predicted octanol–water partition coefficient (Wildman–Crippen LogP) is 0.980. The van der Waals surface area contributed by atoms with Gasteiger partial charge in [0.15, 0.2) is 0 Å². The molecule has 96 valence electrons. The molecule has 8 heteroatoms. The number of aliphatic carboxylic acids is 1. The highest BCUT2D eigenvalue weighted by Crippen LogP contribution is 2.24. The summed E-state index contributed by atoms with van der Waals surface area (Å²) in [7, 11) is 0. The van der Waals surface area contributed by atoms with Crippen molar-refractivity contribution in [3.8, 4) is 0 Å². The van der Waals surface area contributed by atoms with Crippen LogP contribution in [0.1, 0.15) is 12.8 Å². The van der Waals surface area contributed by atoms with Crippen LogP contribution >= 0.6 is 0 Å². The fraction of sp³-hybridized carbons (Fsp3) is 0.200. The fourth-order valence-electron chi connectivity index (χ4n) is 1.21. The van der Waals surface area contributed by atoms with Crippen molar-refractivity contribution in [1.29, 1.82) is 0 Å². The van der Waals surface area contributed by atoms with Crippen LogP contribution in [0.15, 0.2) is 18.2 Å². The maximum Gasteiger partial charge on any atom is 0.303 e. The lowest BCUT2D eigenvalue weighted by Gasteiger charge is -2.07. The zero-order valence-electron chi connectivity index (χ0n) is 9.25. The molecule has 0 spiro atoms. The minimum absolute atomic E-state index is 0.0490. The monoisotopic (exact) mass is 253 g/mol. The summed E-state index contributed by atoms with van der Waals surface area (Å²) >= 11 is 0. The van der Waals surface area contributed by atoms with E-state index in [1.807, 2.05) is 0 Å². The zero-order chi connectivity index (χ0) is 13.7. The number of nitro groups is 1. The molecule has 0 saturated carbocycles. The summed E-state index contributed by atoms with van der Waals surface area (Å²) in [6.45, 7) is 0. The summed E-state index contributed by atoms with van der Waals surface area (Å²) in [4.78, 5) is 31.4. The van der Waals surface area contributed by atoms with Crippen LogP contribution in [0.5, 0.6) is 0 Å². The molecule has 4 N–H and O–H groups in total. The molecule has 0 heterocycles. The number of nitrogens with two attached hydrogens (primary N) is 1. The molecule has 0 saturated heterocycles. The van der Waals surface area contributed by atoms with Crippen LogP contribution < -0.4 is 11.1 Å². The first-order chi connectivity index (χ1) is 8.40. The second-order valence-electron chi connectivity index (χ2n) is 3.47. The van der Waals surface area contributed by atoms with Gasteiger partial charge in [0.2, 0.25) is 5.91 Å². The van der Waals surface area contributed by atoms with Gasteiger partial charge in [0, 0.05) is 18.6 Å². The first-order valence-electron chi connectivity index (χ1n) is 4.95. The van der Waals surface area contributed by atoms with Crippen LogP contribution in [-0.2, 0) is 9.59 Å². The summed E-state index contributed by atoms with van der Waals surface area (Å²) in [5.74, 6) is -1.60. The Bertz CT molecular complexity index is 500. The highest BCUT2D eigenvalue weighted by molar-refractivity contribution is 5.95. The van der Waals surface area contributed by atoms with Crippen LogP contribution in [0.25, 0.3) is 0 Å². The smallest absolute Gasteiger partial charge is 0.303 e. The SMILES string of the molecule is Nc1cc([N+](=O)[O-])ccc1NC(=O)CCC(=O)O. The van der Waals surface area contributed by atoms with Crippen molar-refractivity contribution in [2.24, 2.45) is 0 Å². The average Bonchev–Trinajstić information content (AvgIpc) is 2.29. The van der Waals surface area contributed by atoms with Gasteiger partial charge in [-0.1, -0.05) is 0 Å². The number of carboxylic acid groups (broad SMARTS) is 1. The largest absolute Gasteiger partial charge is 0.481 e. The molecule has 0 aliphatic heterocycles. The van der Waals surface area contributed by atoms with Gasteiger partial charge in [-0.3, -0.25) is 19.7 Å². The van der Waals surface area contributed by atoms with Gasteiger partial charge in [0.1, 0.15) is 0 Å². The van der Waals surface area contributed by atoms with E-state index in [0.29, 0.717) is 0 Å². The van der Waals surface area contributed by atoms with Gasteiger partial charge in [0.05, 0.1) is 22.7 Å². The van der Waals surface area contributed by atoms with Gasteiger partial charge < -0.3 is 16.2 Å². The van der Waals surface area contributed by atoms with Crippen LogP contribution in [0.4, 0.5) is 17.1 Å². The second kappa shape index (κ2) is 5.62. The number of benzene rings is 1. The van der Waals surface area contributed by atoms with Crippen molar-refractivity contribution in [3.63, 3.8) is 0 Å². The van der Waals surface area contributed by atoms with Crippen molar-refractivity contribution in [2.45, 2.75) is 12.8 Å². The van der Waals surface area contributed by atoms with Crippen molar-refractivity contribution in [1.82, 2.24) is 0 Å². The highest BCUT2D eigenvalue weighted by Gasteiger charge is 2.11. The third-order valence-corrected chi connectivity index (χ3v) is 2.09. The topological polar surface area (TPSA) is 136 Å². The van der Waals surface area contributed by atoms with Crippen molar-refractivity contribution < 1.29 is 19.6 Å². The third kappa shape index (κ3) is 3.74. The van der Waals surface area contributed by atoms with Gasteiger partial charge in [-0.15, -0.1) is 0 Å². The summed E-state index contributed by atoms with van der Waals surface area (Å²) < 4.78 is 0. The van der Waals surface area contributed by atoms with E-state index >= 15 is 0 Å². The fourth-order valence-corrected chi connectivity index (χ4v) is 1.21. The normalized spacial score (nSPS) is 9.78. The van der Waals surface area contributed by atoms with Crippen LogP contribution in [0.3, 0.4) is 0 Å². The van der Waals surface area contributed by atoms with E-state index in [1.54, 1.807) is 0 Å². The Morgan fingerprint density at radius 2 is 2.06 bits per heavy atom. The van der Waals surface area contributed by atoms with Crippen LogP contribution in [0.2, 0.25) is 0 Å². The van der Waals surface area contributed by atoms with Crippen LogP contribution in [-0.4, -0.2) is 21.9 Å². The van der Waals surface area contributed by atoms with Crippen molar-refractivity contribution >= 4 is 28.9 Å². The molecule has 18 heavy (non-hydrogen) atoms. The first-order valence-corrected chi connectivity index (χ1v) is 4.95. The van der Waals surface area contributed by atoms with Gasteiger partial charge in [-0.2, -0.15) is 0 Å². The molecule has 1 rings (SSSR count). The minimum Gasteiger partial charge on any atom is -0.481 e. The highest BCUT2D eigenvalue weighted by atomic mass is 16.6. The number of hydrogen-bond donors (Lipinski definition) is 3. The number of nitrogens with zero attached hydrogens (tertiary/aromatic N) is 1. The Morgan fingerprint density at radius 3 is 2.56 bits per heavy atom. The Kier molecular flexibility index (Phi) is 4.19. The zero-order valence-corrected chi connectivity index (χ0v) is 9.25. The molecule has 0 fully saturated rings. The van der Waals surface area contributed by atoms with Crippen LogP contribution in [0, 0.1) is 10.1 Å². The Balaban J connectivity index is 2.70. The van der Waals surface area contributed by atoms with Crippen molar-refractivity contribution in [3.05, 3.63) is 28.3 Å². The molecule has 0 aliphatic carbocycles. The molecule has 0 aromatic heterocycles. The molecule has 1 aromatic rings. The number of non-ortho nitro benzene ring substituents is 1. The van der Waals surface area contributed by atoms with Crippen molar-refractivity contribution in [2.75, 3.05) is 11.1 Å². The number of carboxylic acids is 1. The van der Waals surface area contributed by atoms with E-state index in [9.17, 15) is 19.7 Å². The maximum absolute atomic E-state index is 11.3. The Morgan fingerprint density at radius 1 is 1.39 bits per heavy atom. The number of carbonyl (C=O) groups excluding carboxylic acids is 1. The molecule has 1 aromatic carbocycles. The Labute approximate surface area is 102 Å². The molecule has 0 radical (unpaired) electrons. The summed E-state index contributed by atoms with van der Waals surface area (Å²) in [5, 5.41) is 21.2. The first kappa shape index (κ1) is 13.4. The number of anilines is 2. The Hall–Kier alpha value is -2.64. The van der Waals surface area contributed by atoms with Gasteiger partial charge >= 0.3 is 5.97 Å². The van der Waals surface area contributed by atoms with E-state index in [0.717, 1.165) is 6.07 Å². The lowest BCUT2D eigenvalue weighted by atomic mass is 10.2. The quantitative estimate of drug-likeness (QED) is 0.406. The number of amides is 1. The second-order valence-corrected chi connectivity index (χ2v) is 3.47. The summed E-state index contributed by atoms with van der Waals surface area (Å²) in [6.07, 6.45) is -0.482. The molecular formula is C10H11N3O5. The lowest BCUT2D eigenvalue weighted by molar-refractivity contribution is -0.384. The van der Waals surface area contributed by atoms with Gasteiger partial charge in [-0.25, -0.2) is 0 Å². The average molecular weight is 253 g/mol. The van der Waals surface area contributed by atoms with E-state index in [1.165, 1.54) is 12.1 Å².